The van der Waals surface area contributed by atoms with Crippen LogP contribution in [0, 0.1) is 0 Å². The average molecular weight is 699 g/mol. The van der Waals surface area contributed by atoms with Crippen LogP contribution in [-0.4, -0.2) is 90.8 Å². The van der Waals surface area contributed by atoms with E-state index in [0.717, 1.165) is 0 Å². The summed E-state index contributed by atoms with van der Waals surface area (Å²) in [5, 5.41) is 8.52. The number of pyridine rings is 2. The van der Waals surface area contributed by atoms with Gasteiger partial charge in [-0.15, -0.1) is 0 Å². The second-order valence-electron chi connectivity index (χ2n) is 11.4. The normalized spacial score (nSPS) is 13.6. The van der Waals surface area contributed by atoms with Gasteiger partial charge in [0.25, 0.3) is 17.7 Å². The first-order valence-electron chi connectivity index (χ1n) is 16.1. The molecule has 16 heteroatoms. The van der Waals surface area contributed by atoms with Gasteiger partial charge < -0.3 is 40.5 Å². The number of nitrogen functional groups attached to an aromatic ring is 1. The molecule has 1 aliphatic rings. The highest BCUT2D eigenvalue weighted by Gasteiger charge is 2.37. The molecular formula is C35H38N8O8. The number of benzene rings is 2. The number of anilines is 1. The van der Waals surface area contributed by atoms with Crippen LogP contribution >= 0.6 is 0 Å². The third-order valence-electron chi connectivity index (χ3n) is 8.19. The molecule has 1 saturated heterocycles. The van der Waals surface area contributed by atoms with Crippen molar-refractivity contribution in [3.63, 3.8) is 0 Å². The molecule has 16 nitrogen and oxygen atoms in total. The zero-order valence-electron chi connectivity index (χ0n) is 28.1. The summed E-state index contributed by atoms with van der Waals surface area (Å²) in [7, 11) is 3.02. The molecule has 1 fully saturated rings. The largest absolute Gasteiger partial charge is 0.493 e. The van der Waals surface area contributed by atoms with Gasteiger partial charge in [0.05, 0.1) is 44.0 Å². The number of carbonyl (C=O) groups is 5. The fraction of sp³-hybridized carbons (Fsp3) is 0.286. The predicted octanol–water partition coefficient (Wildman–Crippen LogP) is 1.35. The Labute approximate surface area is 293 Å². The monoisotopic (exact) mass is 698 g/mol. The Morgan fingerprint density at radius 2 is 1.73 bits per heavy atom. The molecule has 0 radical (unpaired) electrons. The molecule has 51 heavy (non-hydrogen) atoms. The van der Waals surface area contributed by atoms with Crippen LogP contribution in [0.3, 0.4) is 0 Å². The number of rotatable bonds is 15. The van der Waals surface area contributed by atoms with Gasteiger partial charge in [-0.05, 0) is 60.9 Å². The van der Waals surface area contributed by atoms with E-state index in [-0.39, 0.29) is 38.7 Å². The molecule has 266 valence electrons. The van der Waals surface area contributed by atoms with Crippen molar-refractivity contribution in [1.82, 2.24) is 30.8 Å². The number of nitrogens with zero attached hydrogens (tertiary/aromatic N) is 3. The topological polar surface area (TPSA) is 216 Å². The van der Waals surface area contributed by atoms with Crippen LogP contribution in [0.1, 0.15) is 39.1 Å². The maximum Gasteiger partial charge on any atom is 0.289 e. The van der Waals surface area contributed by atoms with Gasteiger partial charge in [-0.1, -0.05) is 6.07 Å². The Kier molecular flexibility index (Phi) is 11.9. The van der Waals surface area contributed by atoms with Crippen LogP contribution in [0.25, 0.3) is 10.9 Å². The fourth-order valence-electron chi connectivity index (χ4n) is 5.57. The molecule has 0 unspecified atom stereocenters. The summed E-state index contributed by atoms with van der Waals surface area (Å²) in [6.07, 6.45) is 3.76. The lowest BCUT2D eigenvalue weighted by atomic mass is 10.1. The summed E-state index contributed by atoms with van der Waals surface area (Å²) in [5.41, 5.74) is 4.24. The number of fused-ring (bicyclic) bond motifs is 1. The number of hydrazine groups is 1. The smallest absolute Gasteiger partial charge is 0.289 e. The molecule has 0 saturated carbocycles. The zero-order valence-corrected chi connectivity index (χ0v) is 28.1. The lowest BCUT2D eigenvalue weighted by Crippen LogP contribution is -2.49. The van der Waals surface area contributed by atoms with Crippen LogP contribution < -0.4 is 41.4 Å². The van der Waals surface area contributed by atoms with Gasteiger partial charge in [-0.25, -0.2) is 10.8 Å². The molecule has 1 aliphatic heterocycles. The maximum absolute atomic E-state index is 13.2. The number of hydrogen-bond acceptors (Lipinski definition) is 12. The first kappa shape index (κ1) is 36.0. The molecule has 0 spiro atoms. The van der Waals surface area contributed by atoms with Crippen molar-refractivity contribution in [3.05, 3.63) is 83.7 Å². The number of ketones is 1. The maximum atomic E-state index is 13.2. The number of aromatic nitrogens is 2. The second kappa shape index (κ2) is 16.9. The van der Waals surface area contributed by atoms with Crippen LogP contribution in [0.2, 0.25) is 0 Å². The Balaban J connectivity index is 1.11. The molecule has 1 atom stereocenters. The highest BCUT2D eigenvalue weighted by atomic mass is 16.5. The van der Waals surface area contributed by atoms with Crippen molar-refractivity contribution in [2.45, 2.75) is 25.4 Å². The molecule has 4 aromatic rings. The summed E-state index contributed by atoms with van der Waals surface area (Å²) in [5.74, 6) is 4.40. The van der Waals surface area contributed by atoms with Gasteiger partial charge >= 0.3 is 0 Å². The number of Topliss-reactive ketones (excluding diaryl/α,β-unsaturated/α-hetero) is 1. The van der Waals surface area contributed by atoms with Crippen molar-refractivity contribution in [2.24, 2.45) is 5.84 Å². The highest BCUT2D eigenvalue weighted by molar-refractivity contribution is 6.38. The van der Waals surface area contributed by atoms with Crippen LogP contribution in [0.4, 0.5) is 5.82 Å². The van der Waals surface area contributed by atoms with Crippen LogP contribution in [0.5, 0.6) is 17.2 Å². The van der Waals surface area contributed by atoms with E-state index in [1.807, 2.05) is 0 Å². The van der Waals surface area contributed by atoms with Crippen LogP contribution in [0.15, 0.2) is 67.0 Å². The van der Waals surface area contributed by atoms with E-state index in [0.29, 0.717) is 63.5 Å². The quantitative estimate of drug-likeness (QED) is 0.0515. The Morgan fingerprint density at radius 3 is 2.47 bits per heavy atom. The van der Waals surface area contributed by atoms with Gasteiger partial charge in [0.15, 0.2) is 11.5 Å². The molecule has 6 N–H and O–H groups in total. The number of nitrogens with one attached hydrogen (secondary N) is 4. The van der Waals surface area contributed by atoms with Crippen molar-refractivity contribution >= 4 is 46.1 Å². The van der Waals surface area contributed by atoms with Gasteiger partial charge in [0, 0.05) is 36.9 Å². The van der Waals surface area contributed by atoms with Crippen molar-refractivity contribution < 1.29 is 38.2 Å². The number of hydrogen-bond donors (Lipinski definition) is 5. The summed E-state index contributed by atoms with van der Waals surface area (Å²) in [6, 6.07) is 13.9. The SMILES string of the molecule is COc1ccc(CNC(=O)C(=O)[C@@H]2CCCN2C(=O)CNC(=O)c2ccnc3cc(OCCNC(=O)c4ccc(NN)nc4)ccc23)cc1OC. The lowest BCUT2D eigenvalue weighted by Gasteiger charge is -2.23. The van der Waals surface area contributed by atoms with Gasteiger partial charge in [-0.2, -0.15) is 0 Å². The Bertz CT molecular complexity index is 1920. The van der Waals surface area contributed by atoms with Gasteiger partial charge in [-0.3, -0.25) is 29.0 Å². The first-order chi connectivity index (χ1) is 24.7. The number of carbonyl (C=O) groups excluding carboxylic acids is 5. The standard InChI is InChI=1S/C35H38N8O8/c1-49-28-9-5-21(16-29(28)50-2)18-40-35(48)32(45)27-4-3-14-43(27)31(44)20-41-34(47)25-11-12-37-26-17-23(7-8-24(25)26)51-15-13-38-33(46)22-6-10-30(42-36)39-19-22/h5-12,16-17,19,27H,3-4,13-15,18,20,36H2,1-2H3,(H,38,46)(H,39,42)(H,40,48)(H,41,47)/t27-/m0/s1. The Morgan fingerprint density at radius 1 is 0.902 bits per heavy atom. The van der Waals surface area contributed by atoms with E-state index in [9.17, 15) is 24.0 Å². The summed E-state index contributed by atoms with van der Waals surface area (Å²) in [4.78, 5) is 74.1. The molecule has 2 aromatic heterocycles. The molecule has 4 amide bonds. The summed E-state index contributed by atoms with van der Waals surface area (Å²) >= 11 is 0. The van der Waals surface area contributed by atoms with Crippen molar-refractivity contribution in [2.75, 3.05) is 45.9 Å². The van der Waals surface area contributed by atoms with E-state index in [1.54, 1.807) is 48.5 Å². The number of likely N-dealkylation sites (tertiary alicyclic amines) is 1. The number of amides is 4. The van der Waals surface area contributed by atoms with E-state index in [1.165, 1.54) is 37.6 Å². The molecule has 3 heterocycles. The fourth-order valence-corrected chi connectivity index (χ4v) is 5.57. The van der Waals surface area contributed by atoms with Gasteiger partial charge in [0.1, 0.15) is 24.2 Å². The zero-order chi connectivity index (χ0) is 36.3. The number of ether oxygens (including phenoxy) is 3. The van der Waals surface area contributed by atoms with E-state index in [2.05, 4.69) is 31.3 Å². The Hall–Kier alpha value is -6.29. The highest BCUT2D eigenvalue weighted by Crippen LogP contribution is 2.27. The van der Waals surface area contributed by atoms with E-state index < -0.39 is 29.5 Å². The van der Waals surface area contributed by atoms with Crippen molar-refractivity contribution in [3.8, 4) is 17.2 Å². The van der Waals surface area contributed by atoms with E-state index >= 15 is 0 Å². The number of methoxy groups -OCH3 is 2. The summed E-state index contributed by atoms with van der Waals surface area (Å²) in [6.45, 7) is 0.405. The first-order valence-corrected chi connectivity index (χ1v) is 16.1. The van der Waals surface area contributed by atoms with Crippen molar-refractivity contribution in [1.29, 1.82) is 0 Å². The lowest BCUT2D eigenvalue weighted by molar-refractivity contribution is -0.144. The van der Waals surface area contributed by atoms with Crippen LogP contribution in [-0.2, 0) is 20.9 Å². The minimum atomic E-state index is -0.925. The number of nitrogens with two attached hydrogens (primary N) is 1. The minimum absolute atomic E-state index is 0.0788. The molecular weight excluding hydrogens is 660 g/mol. The summed E-state index contributed by atoms with van der Waals surface area (Å²) < 4.78 is 16.3. The predicted molar refractivity (Wildman–Crippen MR) is 185 cm³/mol. The average Bonchev–Trinajstić information content (AvgIpc) is 3.67. The minimum Gasteiger partial charge on any atom is -0.493 e. The molecule has 0 bridgehead atoms. The molecule has 5 rings (SSSR count). The third kappa shape index (κ3) is 8.85. The molecule has 2 aromatic carbocycles. The second-order valence-corrected chi connectivity index (χ2v) is 11.4. The van der Waals surface area contributed by atoms with E-state index in [4.69, 9.17) is 20.1 Å². The molecule has 0 aliphatic carbocycles. The van der Waals surface area contributed by atoms with Gasteiger partial charge in [0.2, 0.25) is 11.7 Å². The third-order valence-corrected chi connectivity index (χ3v) is 8.19.